The number of aromatic hydroxyl groups is 1. The lowest BCUT2D eigenvalue weighted by Gasteiger charge is -2.10. The number of amides is 1. The van der Waals surface area contributed by atoms with Gasteiger partial charge in [-0.2, -0.15) is 0 Å². The van der Waals surface area contributed by atoms with Crippen LogP contribution in [0.3, 0.4) is 0 Å². The van der Waals surface area contributed by atoms with Gasteiger partial charge in [0.25, 0.3) is 0 Å². The number of hydrogen-bond acceptors (Lipinski definition) is 5. The Hall–Kier alpha value is -4.68. The predicted octanol–water partition coefficient (Wildman–Crippen LogP) is 8.22. The van der Waals surface area contributed by atoms with Gasteiger partial charge >= 0.3 is 0 Å². The number of nitrogens with one attached hydrogen (secondary N) is 1. The molecule has 1 amide bonds. The fourth-order valence-corrected chi connectivity index (χ4v) is 5.35. The Morgan fingerprint density at radius 3 is 2.30 bits per heavy atom. The number of fused-ring (bicyclic) bond motifs is 1. The van der Waals surface area contributed by atoms with Gasteiger partial charge in [-0.3, -0.25) is 10.1 Å². The summed E-state index contributed by atoms with van der Waals surface area (Å²) < 4.78 is 5.71. The molecular formula is C31H22N2O3S. The molecule has 0 aliphatic heterocycles. The van der Waals surface area contributed by atoms with Gasteiger partial charge in [0.1, 0.15) is 5.75 Å². The molecule has 6 rings (SSSR count). The molecule has 2 aromatic heterocycles. The first-order valence-corrected chi connectivity index (χ1v) is 12.7. The topological polar surface area (TPSA) is 75.4 Å². The first kappa shape index (κ1) is 22.8. The van der Waals surface area contributed by atoms with Crippen LogP contribution in [0.25, 0.3) is 54.9 Å². The molecule has 0 atom stereocenters. The molecule has 0 bridgehead atoms. The number of oxazole rings is 1. The van der Waals surface area contributed by atoms with Crippen molar-refractivity contribution in [2.45, 2.75) is 6.92 Å². The summed E-state index contributed by atoms with van der Waals surface area (Å²) in [7, 11) is 0. The Morgan fingerprint density at radius 2 is 1.51 bits per heavy atom. The number of carbonyl (C=O) groups excluding carboxylic acids is 1. The van der Waals surface area contributed by atoms with Crippen LogP contribution in [0.15, 0.2) is 107 Å². The summed E-state index contributed by atoms with van der Waals surface area (Å²) in [4.78, 5) is 16.6. The van der Waals surface area contributed by atoms with E-state index in [1.165, 1.54) is 23.9 Å². The summed E-state index contributed by atoms with van der Waals surface area (Å²) >= 11 is 1.59. The molecule has 2 heterocycles. The maximum atomic E-state index is 11.3. The van der Waals surface area contributed by atoms with Gasteiger partial charge in [-0.25, -0.2) is 4.98 Å². The number of anilines is 1. The van der Waals surface area contributed by atoms with Crippen molar-refractivity contribution in [3.05, 3.63) is 103 Å². The van der Waals surface area contributed by atoms with Crippen molar-refractivity contribution in [1.82, 2.24) is 4.98 Å². The van der Waals surface area contributed by atoms with E-state index in [9.17, 15) is 9.90 Å². The summed E-state index contributed by atoms with van der Waals surface area (Å²) in [6.45, 7) is 1.43. The highest BCUT2D eigenvalue weighted by Gasteiger charge is 2.15. The molecule has 0 radical (unpaired) electrons. The second-order valence-corrected chi connectivity index (χ2v) is 9.66. The highest BCUT2D eigenvalue weighted by molar-refractivity contribution is 7.14. The van der Waals surface area contributed by atoms with Crippen LogP contribution in [-0.2, 0) is 4.79 Å². The monoisotopic (exact) mass is 502 g/mol. The van der Waals surface area contributed by atoms with Gasteiger partial charge in [0.2, 0.25) is 17.7 Å². The first-order chi connectivity index (χ1) is 18.0. The fraction of sp³-hybridized carbons (Fsp3) is 0.0323. The standard InChI is InChI=1S/C31H22N2O3S/c1-19(34)33-29-18-32-31(36-29)27-14-15-37-30(27)22-9-7-21(8-10-22)26-13-12-25(17-28(26)35)24-11-6-20-4-2-3-5-23(20)16-24/h2-18,35H,1H3,(H,33,34). The lowest BCUT2D eigenvalue weighted by Crippen LogP contribution is -2.04. The Kier molecular flexibility index (Phi) is 5.79. The number of phenolic OH excluding ortho intramolecular Hbond substituents is 1. The third-order valence-corrected chi connectivity index (χ3v) is 7.20. The van der Waals surface area contributed by atoms with E-state index in [2.05, 4.69) is 40.6 Å². The third kappa shape index (κ3) is 4.50. The molecule has 0 saturated heterocycles. The minimum absolute atomic E-state index is 0.211. The zero-order valence-electron chi connectivity index (χ0n) is 19.9. The molecule has 180 valence electrons. The van der Waals surface area contributed by atoms with Crippen molar-refractivity contribution in [3.63, 3.8) is 0 Å². The number of hydrogen-bond donors (Lipinski definition) is 2. The molecule has 4 aromatic carbocycles. The zero-order chi connectivity index (χ0) is 25.4. The number of benzene rings is 4. The summed E-state index contributed by atoms with van der Waals surface area (Å²) in [5.41, 5.74) is 5.60. The molecular weight excluding hydrogens is 480 g/mol. The number of phenols is 1. The van der Waals surface area contributed by atoms with Crippen molar-refractivity contribution < 1.29 is 14.3 Å². The van der Waals surface area contributed by atoms with Gasteiger partial charge in [-0.05, 0) is 56.6 Å². The average molecular weight is 503 g/mol. The van der Waals surface area contributed by atoms with Crippen LogP contribution in [0.5, 0.6) is 5.75 Å². The largest absolute Gasteiger partial charge is 0.507 e. The quantitative estimate of drug-likeness (QED) is 0.249. The second kappa shape index (κ2) is 9.41. The van der Waals surface area contributed by atoms with Crippen molar-refractivity contribution in [2.75, 3.05) is 5.32 Å². The van der Waals surface area contributed by atoms with Crippen LogP contribution in [-0.4, -0.2) is 16.0 Å². The van der Waals surface area contributed by atoms with Crippen molar-refractivity contribution >= 4 is 33.9 Å². The molecule has 6 heteroatoms. The molecule has 6 aromatic rings. The highest BCUT2D eigenvalue weighted by atomic mass is 32.1. The van der Waals surface area contributed by atoms with Crippen LogP contribution in [0.1, 0.15) is 6.92 Å². The number of carbonyl (C=O) groups is 1. The number of rotatable bonds is 5. The molecule has 0 saturated carbocycles. The normalized spacial score (nSPS) is 11.1. The lowest BCUT2D eigenvalue weighted by atomic mass is 9.97. The highest BCUT2D eigenvalue weighted by Crippen LogP contribution is 2.39. The van der Waals surface area contributed by atoms with Gasteiger partial charge in [-0.15, -0.1) is 11.3 Å². The predicted molar refractivity (Wildman–Crippen MR) is 150 cm³/mol. The number of nitrogens with zero attached hydrogens (tertiary/aromatic N) is 1. The van der Waals surface area contributed by atoms with Gasteiger partial charge < -0.3 is 9.52 Å². The molecule has 0 aliphatic carbocycles. The Bertz CT molecular complexity index is 1750. The van der Waals surface area contributed by atoms with Crippen molar-refractivity contribution in [3.8, 4) is 49.9 Å². The van der Waals surface area contributed by atoms with Crippen LogP contribution >= 0.6 is 11.3 Å². The van der Waals surface area contributed by atoms with E-state index in [0.717, 1.165) is 38.3 Å². The maximum Gasteiger partial charge on any atom is 0.230 e. The number of thiophene rings is 1. The summed E-state index contributed by atoms with van der Waals surface area (Å²) in [6, 6.07) is 30.4. The van der Waals surface area contributed by atoms with Crippen LogP contribution in [0.2, 0.25) is 0 Å². The molecule has 0 fully saturated rings. The summed E-state index contributed by atoms with van der Waals surface area (Å²) in [5.74, 6) is 0.793. The molecule has 37 heavy (non-hydrogen) atoms. The van der Waals surface area contributed by atoms with Crippen LogP contribution in [0.4, 0.5) is 5.88 Å². The Labute approximate surface area is 217 Å². The molecule has 5 nitrogen and oxygen atoms in total. The van der Waals surface area contributed by atoms with Gasteiger partial charge in [0, 0.05) is 17.4 Å². The van der Waals surface area contributed by atoms with Gasteiger partial charge in [0.05, 0.1) is 11.8 Å². The van der Waals surface area contributed by atoms with E-state index >= 15 is 0 Å². The molecule has 0 unspecified atom stereocenters. The minimum Gasteiger partial charge on any atom is -0.507 e. The van der Waals surface area contributed by atoms with Crippen molar-refractivity contribution in [1.29, 1.82) is 0 Å². The Balaban J connectivity index is 1.27. The van der Waals surface area contributed by atoms with Crippen molar-refractivity contribution in [2.24, 2.45) is 0 Å². The third-order valence-electron chi connectivity index (χ3n) is 6.24. The van der Waals surface area contributed by atoms with E-state index in [4.69, 9.17) is 4.42 Å². The van der Waals surface area contributed by atoms with E-state index in [1.54, 1.807) is 11.3 Å². The van der Waals surface area contributed by atoms with E-state index in [-0.39, 0.29) is 11.7 Å². The second-order valence-electron chi connectivity index (χ2n) is 8.75. The van der Waals surface area contributed by atoms with E-state index in [1.807, 2.05) is 66.0 Å². The first-order valence-electron chi connectivity index (χ1n) is 11.8. The van der Waals surface area contributed by atoms with E-state index < -0.39 is 0 Å². The summed E-state index contributed by atoms with van der Waals surface area (Å²) in [5, 5.41) is 17.8. The lowest BCUT2D eigenvalue weighted by molar-refractivity contribution is -0.114. The Morgan fingerprint density at radius 1 is 0.811 bits per heavy atom. The molecule has 0 aliphatic rings. The minimum atomic E-state index is -0.211. The van der Waals surface area contributed by atoms with Gasteiger partial charge in [-0.1, -0.05) is 72.8 Å². The SMILES string of the molecule is CC(=O)Nc1cnc(-c2ccsc2-c2ccc(-c3ccc(-c4ccc5ccccc5c4)cc3O)cc2)o1. The maximum absolute atomic E-state index is 11.3. The van der Waals surface area contributed by atoms with Gasteiger partial charge in [0.15, 0.2) is 0 Å². The number of aromatic nitrogens is 1. The zero-order valence-corrected chi connectivity index (χ0v) is 20.8. The van der Waals surface area contributed by atoms with E-state index in [0.29, 0.717) is 11.8 Å². The average Bonchev–Trinajstić information content (AvgIpc) is 3.58. The molecule has 0 spiro atoms. The molecule has 2 N–H and O–H groups in total. The van der Waals surface area contributed by atoms with Crippen LogP contribution in [0, 0.1) is 0 Å². The smallest absolute Gasteiger partial charge is 0.230 e. The fourth-order valence-electron chi connectivity index (χ4n) is 4.46. The van der Waals surface area contributed by atoms with Crippen LogP contribution < -0.4 is 5.32 Å². The summed E-state index contributed by atoms with van der Waals surface area (Å²) in [6.07, 6.45) is 1.51.